The molecule has 0 aliphatic carbocycles. The zero-order valence-corrected chi connectivity index (χ0v) is 12.0. The fraction of sp³-hybridized carbons (Fsp3) is 0.533. The minimum Gasteiger partial charge on any atom is -0.380 e. The van der Waals surface area contributed by atoms with Crippen LogP contribution >= 0.6 is 0 Å². The summed E-state index contributed by atoms with van der Waals surface area (Å²) in [5, 5.41) is 3.28. The molecule has 0 spiro atoms. The van der Waals surface area contributed by atoms with E-state index in [4.69, 9.17) is 4.74 Å². The number of benzene rings is 1. The molecule has 1 aliphatic rings. The van der Waals surface area contributed by atoms with E-state index < -0.39 is 0 Å². The van der Waals surface area contributed by atoms with Gasteiger partial charge in [-0.1, -0.05) is 0 Å². The molecule has 1 fully saturated rings. The maximum absolute atomic E-state index is 13.6. The minimum atomic E-state index is -0.340. The van der Waals surface area contributed by atoms with Gasteiger partial charge in [0.2, 0.25) is 0 Å². The Morgan fingerprint density at radius 2 is 2.15 bits per heavy atom. The van der Waals surface area contributed by atoms with Crippen molar-refractivity contribution in [3.05, 3.63) is 35.1 Å². The number of hydrogen-bond donors (Lipinski definition) is 1. The molecule has 0 bridgehead atoms. The summed E-state index contributed by atoms with van der Waals surface area (Å²) >= 11 is 0. The van der Waals surface area contributed by atoms with Gasteiger partial charge in [0, 0.05) is 31.3 Å². The smallest absolute Gasteiger partial charge is 0.253 e. The van der Waals surface area contributed by atoms with Crippen molar-refractivity contribution >= 4 is 5.91 Å². The molecule has 0 aromatic heterocycles. The number of nitrogens with one attached hydrogen (secondary N) is 1. The lowest BCUT2D eigenvalue weighted by atomic mass is 10.0. The van der Waals surface area contributed by atoms with Crippen LogP contribution in [0.1, 0.15) is 28.8 Å². The van der Waals surface area contributed by atoms with E-state index in [-0.39, 0.29) is 24.4 Å². The van der Waals surface area contributed by atoms with Gasteiger partial charge in [-0.25, -0.2) is 4.39 Å². The second-order valence-electron chi connectivity index (χ2n) is 5.14. The van der Waals surface area contributed by atoms with Gasteiger partial charge in [-0.15, -0.1) is 0 Å². The molecule has 4 nitrogen and oxygen atoms in total. The quantitative estimate of drug-likeness (QED) is 0.914. The van der Waals surface area contributed by atoms with E-state index in [9.17, 15) is 9.18 Å². The van der Waals surface area contributed by atoms with E-state index in [2.05, 4.69) is 5.32 Å². The van der Waals surface area contributed by atoms with Crippen molar-refractivity contribution in [2.45, 2.75) is 25.5 Å². The van der Waals surface area contributed by atoms with E-state index in [1.165, 1.54) is 19.2 Å². The molecule has 20 heavy (non-hydrogen) atoms. The summed E-state index contributed by atoms with van der Waals surface area (Å²) in [6.07, 6.45) is 1.91. The molecular formula is C15H21FN2O2. The number of amides is 1. The minimum absolute atomic E-state index is 0.0609. The first-order valence-corrected chi connectivity index (χ1v) is 6.88. The van der Waals surface area contributed by atoms with Gasteiger partial charge < -0.3 is 15.0 Å². The van der Waals surface area contributed by atoms with Gasteiger partial charge in [-0.05, 0) is 44.1 Å². The summed E-state index contributed by atoms with van der Waals surface area (Å²) in [5.41, 5.74) is 0.927. The highest BCUT2D eigenvalue weighted by molar-refractivity contribution is 5.94. The summed E-state index contributed by atoms with van der Waals surface area (Å²) in [6.45, 7) is 2.03. The van der Waals surface area contributed by atoms with Crippen LogP contribution in [-0.2, 0) is 11.3 Å². The van der Waals surface area contributed by atoms with Crippen LogP contribution in [0.4, 0.5) is 4.39 Å². The fourth-order valence-electron chi connectivity index (χ4n) is 2.54. The number of hydrogen-bond acceptors (Lipinski definition) is 3. The second-order valence-corrected chi connectivity index (χ2v) is 5.14. The molecule has 1 saturated heterocycles. The normalized spacial score (nSPS) is 16.1. The molecule has 2 rings (SSSR count). The van der Waals surface area contributed by atoms with Crippen molar-refractivity contribution < 1.29 is 13.9 Å². The van der Waals surface area contributed by atoms with Crippen LogP contribution in [0.15, 0.2) is 18.2 Å². The molecule has 1 aliphatic heterocycles. The average molecular weight is 280 g/mol. The number of ether oxygens (including phenoxy) is 1. The Hall–Kier alpha value is -1.46. The second kappa shape index (κ2) is 6.81. The standard InChI is InChI=1S/C15H21FN2O2/c1-18(13-5-7-17-8-6-13)15(19)11-3-4-14(16)12(9-11)10-20-2/h3-4,9,13,17H,5-8,10H2,1-2H3. The molecule has 0 saturated carbocycles. The lowest BCUT2D eigenvalue weighted by Crippen LogP contribution is -2.44. The van der Waals surface area contributed by atoms with Crippen LogP contribution in [0.2, 0.25) is 0 Å². The van der Waals surface area contributed by atoms with E-state index >= 15 is 0 Å². The summed E-state index contributed by atoms with van der Waals surface area (Å²) in [7, 11) is 3.33. The predicted octanol–water partition coefficient (Wildman–Crippen LogP) is 1.80. The lowest BCUT2D eigenvalue weighted by molar-refractivity contribution is 0.0703. The third kappa shape index (κ3) is 3.35. The zero-order chi connectivity index (χ0) is 14.5. The first-order valence-electron chi connectivity index (χ1n) is 6.88. The van der Waals surface area contributed by atoms with E-state index in [0.29, 0.717) is 11.1 Å². The summed E-state index contributed by atoms with van der Waals surface area (Å²) in [6, 6.07) is 4.70. The van der Waals surface area contributed by atoms with Crippen LogP contribution in [0.25, 0.3) is 0 Å². The first kappa shape index (κ1) is 14.9. The van der Waals surface area contributed by atoms with Crippen molar-refractivity contribution in [1.29, 1.82) is 0 Å². The van der Waals surface area contributed by atoms with Crippen LogP contribution < -0.4 is 5.32 Å². The molecule has 0 unspecified atom stereocenters. The van der Waals surface area contributed by atoms with Crippen molar-refractivity contribution in [3.8, 4) is 0 Å². The predicted molar refractivity (Wildman–Crippen MR) is 75.1 cm³/mol. The molecule has 1 aromatic carbocycles. The topological polar surface area (TPSA) is 41.6 Å². The van der Waals surface area contributed by atoms with Gasteiger partial charge in [-0.2, -0.15) is 0 Å². The van der Waals surface area contributed by atoms with Crippen molar-refractivity contribution in [1.82, 2.24) is 10.2 Å². The number of halogens is 1. The highest BCUT2D eigenvalue weighted by atomic mass is 19.1. The number of nitrogens with zero attached hydrogens (tertiary/aromatic N) is 1. The summed E-state index contributed by atoms with van der Waals surface area (Å²) in [5.74, 6) is -0.401. The zero-order valence-electron chi connectivity index (χ0n) is 12.0. The molecule has 1 aromatic rings. The van der Waals surface area contributed by atoms with Crippen molar-refractivity contribution in [3.63, 3.8) is 0 Å². The number of rotatable bonds is 4. The van der Waals surface area contributed by atoms with Crippen LogP contribution in [0.3, 0.4) is 0 Å². The van der Waals surface area contributed by atoms with E-state index in [1.54, 1.807) is 11.0 Å². The summed E-state index contributed by atoms with van der Waals surface area (Å²) < 4.78 is 18.5. The van der Waals surface area contributed by atoms with Gasteiger partial charge in [0.1, 0.15) is 5.82 Å². The summed E-state index contributed by atoms with van der Waals surface area (Å²) in [4.78, 5) is 14.2. The Morgan fingerprint density at radius 1 is 1.45 bits per heavy atom. The Balaban J connectivity index is 2.13. The first-order chi connectivity index (χ1) is 9.63. The number of piperidine rings is 1. The van der Waals surface area contributed by atoms with Crippen LogP contribution in [0.5, 0.6) is 0 Å². The maximum Gasteiger partial charge on any atom is 0.253 e. The molecule has 110 valence electrons. The van der Waals surface area contributed by atoms with Gasteiger partial charge >= 0.3 is 0 Å². The third-order valence-electron chi connectivity index (χ3n) is 3.77. The molecule has 1 N–H and O–H groups in total. The Kier molecular flexibility index (Phi) is 5.09. The van der Waals surface area contributed by atoms with Crippen LogP contribution in [-0.4, -0.2) is 44.1 Å². The number of carbonyl (C=O) groups is 1. The fourth-order valence-corrected chi connectivity index (χ4v) is 2.54. The monoisotopic (exact) mass is 280 g/mol. The maximum atomic E-state index is 13.6. The van der Waals surface area contributed by atoms with E-state index in [0.717, 1.165) is 25.9 Å². The molecule has 0 radical (unpaired) electrons. The van der Waals surface area contributed by atoms with Gasteiger partial charge in [0.15, 0.2) is 0 Å². The van der Waals surface area contributed by atoms with E-state index in [1.807, 2.05) is 7.05 Å². The molecule has 1 amide bonds. The SMILES string of the molecule is COCc1cc(C(=O)N(C)C2CCNCC2)ccc1F. The molecule has 5 heteroatoms. The lowest BCUT2D eigenvalue weighted by Gasteiger charge is -2.31. The third-order valence-corrected chi connectivity index (χ3v) is 3.77. The largest absolute Gasteiger partial charge is 0.380 e. The van der Waals surface area contributed by atoms with Gasteiger partial charge in [-0.3, -0.25) is 4.79 Å². The Morgan fingerprint density at radius 3 is 2.80 bits per heavy atom. The Labute approximate surface area is 118 Å². The molecular weight excluding hydrogens is 259 g/mol. The number of carbonyl (C=O) groups excluding carboxylic acids is 1. The van der Waals surface area contributed by atoms with Gasteiger partial charge in [0.05, 0.1) is 6.61 Å². The highest BCUT2D eigenvalue weighted by Gasteiger charge is 2.23. The molecule has 0 atom stereocenters. The number of methoxy groups -OCH3 is 1. The molecule has 1 heterocycles. The van der Waals surface area contributed by atoms with Crippen LogP contribution in [0, 0.1) is 5.82 Å². The van der Waals surface area contributed by atoms with Crippen molar-refractivity contribution in [2.24, 2.45) is 0 Å². The highest BCUT2D eigenvalue weighted by Crippen LogP contribution is 2.17. The average Bonchev–Trinajstić information content (AvgIpc) is 2.49. The van der Waals surface area contributed by atoms with Gasteiger partial charge in [0.25, 0.3) is 5.91 Å². The Bertz CT molecular complexity index is 473. The van der Waals surface area contributed by atoms with Crippen molar-refractivity contribution in [2.75, 3.05) is 27.2 Å².